The third-order valence-corrected chi connectivity index (χ3v) is 8.06. The van der Waals surface area contributed by atoms with Crippen molar-refractivity contribution in [2.75, 3.05) is 31.7 Å². The molecule has 2 fully saturated rings. The van der Waals surface area contributed by atoms with Gasteiger partial charge in [-0.1, -0.05) is 12.2 Å². The van der Waals surface area contributed by atoms with E-state index in [1.54, 1.807) is 16.1 Å². The Hall–Kier alpha value is 0.110. The lowest BCUT2D eigenvalue weighted by molar-refractivity contribution is 0.126. The van der Waals surface area contributed by atoms with E-state index in [4.69, 9.17) is 22.7 Å². The molecule has 20 heavy (non-hydrogen) atoms. The Labute approximate surface area is 130 Å². The molecule has 2 saturated heterocycles. The van der Waals surface area contributed by atoms with Crippen LogP contribution >= 0.6 is 24.0 Å². The fraction of sp³-hybridized carbons (Fsp3) is 0.917. The maximum Gasteiger partial charge on any atom is 0.216 e. The van der Waals surface area contributed by atoms with Crippen LogP contribution in [0.4, 0.5) is 0 Å². The van der Waals surface area contributed by atoms with Gasteiger partial charge in [-0.2, -0.15) is 11.8 Å². The molecule has 0 amide bonds. The first-order chi connectivity index (χ1) is 9.39. The SMILES string of the molecule is CSC1(C(N)=S)CCN(S(=O)(=O)CC2CCCO2)CC1. The smallest absolute Gasteiger partial charge is 0.216 e. The molecule has 116 valence electrons. The number of hydrogen-bond acceptors (Lipinski definition) is 5. The molecule has 2 aliphatic heterocycles. The second kappa shape index (κ2) is 6.48. The van der Waals surface area contributed by atoms with E-state index in [0.29, 0.717) is 37.5 Å². The highest BCUT2D eigenvalue weighted by molar-refractivity contribution is 8.02. The summed E-state index contributed by atoms with van der Waals surface area (Å²) in [4.78, 5) is 0.487. The summed E-state index contributed by atoms with van der Waals surface area (Å²) in [6.07, 6.45) is 5.02. The van der Waals surface area contributed by atoms with E-state index in [0.717, 1.165) is 12.8 Å². The minimum absolute atomic E-state index is 0.104. The molecule has 2 heterocycles. The minimum Gasteiger partial charge on any atom is -0.392 e. The predicted octanol–water partition coefficient (Wildman–Crippen LogP) is 0.979. The molecule has 0 aromatic heterocycles. The number of rotatable bonds is 5. The lowest BCUT2D eigenvalue weighted by atomic mass is 9.97. The van der Waals surface area contributed by atoms with Crippen LogP contribution in [0.1, 0.15) is 25.7 Å². The number of nitrogens with zero attached hydrogens (tertiary/aromatic N) is 1. The molecule has 0 saturated carbocycles. The molecule has 1 unspecified atom stereocenters. The summed E-state index contributed by atoms with van der Waals surface area (Å²) >= 11 is 6.78. The van der Waals surface area contributed by atoms with Crippen LogP contribution in [0, 0.1) is 0 Å². The average Bonchev–Trinajstić information content (AvgIpc) is 2.90. The van der Waals surface area contributed by atoms with Gasteiger partial charge in [-0.3, -0.25) is 0 Å². The summed E-state index contributed by atoms with van der Waals surface area (Å²) in [5, 5.41) is 0. The Bertz CT molecular complexity index is 453. The molecule has 8 heteroatoms. The average molecular weight is 339 g/mol. The van der Waals surface area contributed by atoms with E-state index < -0.39 is 10.0 Å². The van der Waals surface area contributed by atoms with Gasteiger partial charge in [-0.25, -0.2) is 12.7 Å². The molecule has 0 radical (unpaired) electrons. The summed E-state index contributed by atoms with van der Waals surface area (Å²) in [5.41, 5.74) is 5.82. The summed E-state index contributed by atoms with van der Waals surface area (Å²) < 4.78 is 31.5. The lowest BCUT2D eigenvalue weighted by Gasteiger charge is -2.39. The quantitative estimate of drug-likeness (QED) is 0.754. The van der Waals surface area contributed by atoms with Crippen LogP contribution in [-0.4, -0.2) is 60.3 Å². The van der Waals surface area contributed by atoms with E-state index in [2.05, 4.69) is 0 Å². The van der Waals surface area contributed by atoms with Crippen molar-refractivity contribution in [2.45, 2.75) is 36.5 Å². The number of ether oxygens (including phenoxy) is 1. The van der Waals surface area contributed by atoms with Gasteiger partial charge in [0.25, 0.3) is 0 Å². The normalized spacial score (nSPS) is 27.6. The number of thioether (sulfide) groups is 1. The molecule has 0 aliphatic carbocycles. The van der Waals surface area contributed by atoms with Crippen molar-refractivity contribution in [3.8, 4) is 0 Å². The molecule has 2 aliphatic rings. The highest BCUT2D eigenvalue weighted by Crippen LogP contribution is 2.36. The summed E-state index contributed by atoms with van der Waals surface area (Å²) in [5.74, 6) is 0.104. The molecular formula is C12H22N2O3S3. The van der Waals surface area contributed by atoms with E-state index in [1.165, 1.54) is 0 Å². The van der Waals surface area contributed by atoms with Gasteiger partial charge in [0.1, 0.15) is 0 Å². The molecule has 1 atom stereocenters. The Morgan fingerprint density at radius 1 is 1.50 bits per heavy atom. The highest BCUT2D eigenvalue weighted by atomic mass is 32.2. The van der Waals surface area contributed by atoms with E-state index in [1.807, 2.05) is 6.26 Å². The van der Waals surface area contributed by atoms with Crippen molar-refractivity contribution < 1.29 is 13.2 Å². The second-order valence-corrected chi connectivity index (χ2v) is 9.02. The monoisotopic (exact) mass is 338 g/mol. The molecular weight excluding hydrogens is 316 g/mol. The van der Waals surface area contributed by atoms with Gasteiger partial charge in [0.15, 0.2) is 0 Å². The van der Waals surface area contributed by atoms with Crippen LogP contribution in [0.2, 0.25) is 0 Å². The zero-order valence-electron chi connectivity index (χ0n) is 11.7. The summed E-state index contributed by atoms with van der Waals surface area (Å²) in [6, 6.07) is 0. The van der Waals surface area contributed by atoms with Crippen LogP contribution in [0.15, 0.2) is 0 Å². The van der Waals surface area contributed by atoms with Crippen molar-refractivity contribution in [1.82, 2.24) is 4.31 Å². The van der Waals surface area contributed by atoms with Crippen LogP contribution < -0.4 is 5.73 Å². The first-order valence-corrected chi connectivity index (χ1v) is 10.1. The standard InChI is InChI=1S/C12H22N2O3S3/c1-19-12(11(13)18)4-6-14(7-5-12)20(15,16)9-10-3-2-8-17-10/h10H,2-9H2,1H3,(H2,13,18). The van der Waals surface area contributed by atoms with E-state index in [9.17, 15) is 8.42 Å². The van der Waals surface area contributed by atoms with Crippen molar-refractivity contribution >= 4 is 39.0 Å². The largest absolute Gasteiger partial charge is 0.392 e. The Morgan fingerprint density at radius 3 is 2.60 bits per heavy atom. The van der Waals surface area contributed by atoms with Gasteiger partial charge in [0, 0.05) is 19.7 Å². The number of hydrogen-bond donors (Lipinski definition) is 1. The topological polar surface area (TPSA) is 72.6 Å². The Kier molecular flexibility index (Phi) is 5.34. The van der Waals surface area contributed by atoms with Gasteiger partial charge in [0.05, 0.1) is 21.6 Å². The van der Waals surface area contributed by atoms with E-state index in [-0.39, 0.29) is 16.6 Å². The Morgan fingerprint density at radius 2 is 2.15 bits per heavy atom. The molecule has 0 aromatic carbocycles. The number of piperidine rings is 1. The fourth-order valence-corrected chi connectivity index (χ4v) is 5.72. The van der Waals surface area contributed by atoms with Gasteiger partial charge < -0.3 is 10.5 Å². The van der Waals surface area contributed by atoms with Crippen molar-refractivity contribution in [3.63, 3.8) is 0 Å². The highest BCUT2D eigenvalue weighted by Gasteiger charge is 2.40. The number of nitrogens with two attached hydrogens (primary N) is 1. The molecule has 2 N–H and O–H groups in total. The minimum atomic E-state index is -3.24. The maximum absolute atomic E-state index is 12.4. The van der Waals surface area contributed by atoms with Gasteiger partial charge >= 0.3 is 0 Å². The molecule has 0 spiro atoms. The van der Waals surface area contributed by atoms with Crippen LogP contribution in [0.5, 0.6) is 0 Å². The third kappa shape index (κ3) is 3.47. The summed E-state index contributed by atoms with van der Waals surface area (Å²) in [7, 11) is -3.24. The zero-order valence-corrected chi connectivity index (χ0v) is 14.2. The van der Waals surface area contributed by atoms with Crippen molar-refractivity contribution in [3.05, 3.63) is 0 Å². The van der Waals surface area contributed by atoms with Gasteiger partial charge in [0.2, 0.25) is 10.0 Å². The maximum atomic E-state index is 12.4. The Balaban J connectivity index is 1.97. The van der Waals surface area contributed by atoms with Crippen LogP contribution in [0.25, 0.3) is 0 Å². The van der Waals surface area contributed by atoms with Crippen molar-refractivity contribution in [2.24, 2.45) is 5.73 Å². The summed E-state index contributed by atoms with van der Waals surface area (Å²) in [6.45, 7) is 1.66. The van der Waals surface area contributed by atoms with Crippen LogP contribution in [0.3, 0.4) is 0 Å². The lowest BCUT2D eigenvalue weighted by Crippen LogP contribution is -2.51. The molecule has 0 aromatic rings. The molecule has 0 bridgehead atoms. The molecule has 2 rings (SSSR count). The second-order valence-electron chi connectivity index (χ2n) is 5.38. The van der Waals surface area contributed by atoms with Crippen LogP contribution in [-0.2, 0) is 14.8 Å². The van der Waals surface area contributed by atoms with E-state index >= 15 is 0 Å². The zero-order chi connectivity index (χ0) is 14.8. The van der Waals surface area contributed by atoms with Gasteiger partial charge in [-0.15, -0.1) is 0 Å². The predicted molar refractivity (Wildman–Crippen MR) is 86.6 cm³/mol. The molecule has 5 nitrogen and oxygen atoms in total. The van der Waals surface area contributed by atoms with Crippen molar-refractivity contribution in [1.29, 1.82) is 0 Å². The fourth-order valence-electron chi connectivity index (χ4n) is 2.79. The number of sulfonamides is 1. The van der Waals surface area contributed by atoms with Gasteiger partial charge in [-0.05, 0) is 31.9 Å². The third-order valence-electron chi connectivity index (χ3n) is 4.18. The first-order valence-electron chi connectivity index (χ1n) is 6.84. The first kappa shape index (κ1) is 16.5. The number of thiocarbonyl (C=S) groups is 1.